The van der Waals surface area contributed by atoms with Gasteiger partial charge in [-0.25, -0.2) is 0 Å². The maximum atomic E-state index is 13.3. The summed E-state index contributed by atoms with van der Waals surface area (Å²) in [6, 6.07) is -0.0161. The number of hydrogen-bond acceptors (Lipinski definition) is 7. The van der Waals surface area contributed by atoms with E-state index in [1.165, 1.54) is 5.57 Å². The standard InChI is InChI=1S/C36H61N3O5/c1-22(2)23(3)31(4)12-13-33(6)24-8-9-27-32(5)19-43-21-36(27,25(24)10-11-34(33,7)28(31)30(40)41)18-26(39-38)29(32)44-20-35(37)14-16-42-17-15-35/h10,22-24,26-29,39H,8-9,11-21,37-38H2,1-7H3,(H,40,41)/t23-,24+,26-,27+,28-,29+,31-,32-,33-,34+,36+/m1/s1. The molecule has 2 heterocycles. The van der Waals surface area contributed by atoms with Gasteiger partial charge in [-0.2, -0.15) is 0 Å². The molecule has 0 unspecified atom stereocenters. The fraction of sp³-hybridized carbons (Fsp3) is 0.917. The summed E-state index contributed by atoms with van der Waals surface area (Å²) in [6.45, 7) is 19.4. The van der Waals surface area contributed by atoms with Crippen LogP contribution in [0.25, 0.3) is 0 Å². The fourth-order valence-corrected chi connectivity index (χ4v) is 12.3. The maximum Gasteiger partial charge on any atom is 0.307 e. The Hall–Kier alpha value is -1.03. The summed E-state index contributed by atoms with van der Waals surface area (Å²) < 4.78 is 19.0. The first-order valence-electron chi connectivity index (χ1n) is 17.6. The van der Waals surface area contributed by atoms with E-state index in [4.69, 9.17) is 25.8 Å². The van der Waals surface area contributed by atoms with Crippen molar-refractivity contribution in [2.45, 2.75) is 118 Å². The van der Waals surface area contributed by atoms with Crippen molar-refractivity contribution in [3.63, 3.8) is 0 Å². The molecule has 8 nitrogen and oxygen atoms in total. The van der Waals surface area contributed by atoms with Gasteiger partial charge in [0.15, 0.2) is 0 Å². The van der Waals surface area contributed by atoms with E-state index in [1.54, 1.807) is 0 Å². The first-order valence-corrected chi connectivity index (χ1v) is 17.6. The Labute approximate surface area is 265 Å². The second-order valence-corrected chi connectivity index (χ2v) is 17.5. The lowest BCUT2D eigenvalue weighted by Gasteiger charge is -2.71. The first-order chi connectivity index (χ1) is 20.6. The summed E-state index contributed by atoms with van der Waals surface area (Å²) >= 11 is 0. The van der Waals surface area contributed by atoms with Crippen LogP contribution in [0.3, 0.4) is 0 Å². The summed E-state index contributed by atoms with van der Waals surface area (Å²) in [5, 5.41) is 10.9. The van der Waals surface area contributed by atoms with Crippen molar-refractivity contribution < 1.29 is 24.1 Å². The number of fused-ring (bicyclic) bond motifs is 3. The summed E-state index contributed by atoms with van der Waals surface area (Å²) in [4.78, 5) is 13.3. The highest BCUT2D eigenvalue weighted by atomic mass is 16.5. The van der Waals surface area contributed by atoms with Crippen LogP contribution in [0.15, 0.2) is 11.6 Å². The number of nitrogens with two attached hydrogens (primary N) is 2. The molecule has 0 aromatic heterocycles. The van der Waals surface area contributed by atoms with Gasteiger partial charge in [-0.05, 0) is 91.3 Å². The molecule has 0 amide bonds. The average Bonchev–Trinajstić information content (AvgIpc) is 2.96. The van der Waals surface area contributed by atoms with Crippen LogP contribution in [0, 0.1) is 56.7 Å². The quantitative estimate of drug-likeness (QED) is 0.173. The molecular weight excluding hydrogens is 554 g/mol. The molecule has 11 atom stereocenters. The highest BCUT2D eigenvalue weighted by Crippen LogP contribution is 2.74. The third-order valence-electron chi connectivity index (χ3n) is 15.4. The van der Waals surface area contributed by atoms with Crippen molar-refractivity contribution in [2.24, 2.45) is 68.2 Å². The number of carbonyl (C=O) groups is 1. The number of carboxylic acids is 1. The smallest absolute Gasteiger partial charge is 0.307 e. The Morgan fingerprint density at radius 2 is 1.75 bits per heavy atom. The minimum absolute atomic E-state index is 0.0161. The van der Waals surface area contributed by atoms with Crippen molar-refractivity contribution in [3.05, 3.63) is 11.6 Å². The zero-order valence-corrected chi connectivity index (χ0v) is 28.5. The molecule has 0 aromatic carbocycles. The molecule has 3 saturated carbocycles. The molecule has 0 spiro atoms. The number of rotatable bonds is 7. The molecule has 2 bridgehead atoms. The minimum atomic E-state index is -0.613. The Kier molecular flexibility index (Phi) is 8.24. The van der Waals surface area contributed by atoms with Gasteiger partial charge >= 0.3 is 5.97 Å². The maximum absolute atomic E-state index is 13.3. The van der Waals surface area contributed by atoms with Gasteiger partial charge in [0, 0.05) is 35.6 Å². The number of nitrogens with one attached hydrogen (secondary N) is 1. The van der Waals surface area contributed by atoms with Crippen LogP contribution in [-0.2, 0) is 19.0 Å². The SMILES string of the molecule is CC(C)[C@@H](C)[C@@]1(C)CC[C@]2(C)[C@H]3CC[C@@H]4[C@@]5(COC[C@@]4(C)[C@@H](OCC4(N)CCOCC4)[C@H](NN)C5)C3=CC[C@@]2(C)[C@@H]1C(=O)O. The molecule has 44 heavy (non-hydrogen) atoms. The van der Waals surface area contributed by atoms with Crippen molar-refractivity contribution in [1.82, 2.24) is 5.43 Å². The van der Waals surface area contributed by atoms with Crippen molar-refractivity contribution in [2.75, 3.05) is 33.0 Å². The molecule has 0 radical (unpaired) electrons. The highest BCUT2D eigenvalue weighted by Gasteiger charge is 2.71. The summed E-state index contributed by atoms with van der Waals surface area (Å²) in [5.74, 6) is 6.90. The molecule has 5 fully saturated rings. The molecular formula is C36H61N3O5. The molecule has 4 aliphatic carbocycles. The van der Waals surface area contributed by atoms with Crippen LogP contribution in [-0.4, -0.2) is 61.8 Å². The van der Waals surface area contributed by atoms with E-state index < -0.39 is 5.97 Å². The lowest BCUT2D eigenvalue weighted by Crippen LogP contribution is -2.72. The third kappa shape index (κ3) is 4.47. The second kappa shape index (κ2) is 11.0. The van der Waals surface area contributed by atoms with Gasteiger partial charge in [-0.3, -0.25) is 16.1 Å². The van der Waals surface area contributed by atoms with Gasteiger partial charge in [-0.1, -0.05) is 60.1 Å². The number of allylic oxidation sites excluding steroid dienone is 1. The van der Waals surface area contributed by atoms with E-state index in [1.807, 2.05) is 0 Å². The van der Waals surface area contributed by atoms with Gasteiger partial charge < -0.3 is 25.1 Å². The number of hydrogen-bond donors (Lipinski definition) is 4. The number of ether oxygens (including phenoxy) is 3. The van der Waals surface area contributed by atoms with Crippen molar-refractivity contribution in [3.8, 4) is 0 Å². The average molecular weight is 616 g/mol. The van der Waals surface area contributed by atoms with E-state index in [0.717, 1.165) is 51.4 Å². The predicted octanol–water partition coefficient (Wildman–Crippen LogP) is 5.30. The second-order valence-electron chi connectivity index (χ2n) is 17.5. The zero-order valence-electron chi connectivity index (χ0n) is 28.5. The van der Waals surface area contributed by atoms with Crippen molar-refractivity contribution >= 4 is 5.97 Å². The Morgan fingerprint density at radius 1 is 1.05 bits per heavy atom. The van der Waals surface area contributed by atoms with Crippen LogP contribution in [0.2, 0.25) is 0 Å². The van der Waals surface area contributed by atoms with E-state index in [9.17, 15) is 9.90 Å². The predicted molar refractivity (Wildman–Crippen MR) is 171 cm³/mol. The molecule has 6 aliphatic rings. The van der Waals surface area contributed by atoms with Gasteiger partial charge in [0.2, 0.25) is 0 Å². The van der Waals surface area contributed by atoms with Crippen LogP contribution < -0.4 is 17.0 Å². The van der Waals surface area contributed by atoms with E-state index in [-0.39, 0.29) is 50.7 Å². The van der Waals surface area contributed by atoms with Crippen LogP contribution in [0.4, 0.5) is 0 Å². The van der Waals surface area contributed by atoms with Crippen molar-refractivity contribution in [1.29, 1.82) is 0 Å². The van der Waals surface area contributed by atoms with Gasteiger partial charge in [0.1, 0.15) is 0 Å². The zero-order chi connectivity index (χ0) is 31.9. The highest BCUT2D eigenvalue weighted by molar-refractivity contribution is 5.73. The fourth-order valence-electron chi connectivity index (χ4n) is 12.3. The molecule has 8 heteroatoms. The molecule has 2 saturated heterocycles. The number of aliphatic carboxylic acids is 1. The summed E-state index contributed by atoms with van der Waals surface area (Å²) in [5.41, 5.74) is 10.2. The molecule has 0 aromatic rings. The minimum Gasteiger partial charge on any atom is -0.481 e. The van der Waals surface area contributed by atoms with Gasteiger partial charge in [-0.15, -0.1) is 0 Å². The summed E-state index contributed by atoms with van der Waals surface area (Å²) in [6.07, 6.45) is 9.90. The van der Waals surface area contributed by atoms with Crippen LogP contribution in [0.1, 0.15) is 99.8 Å². The normalized spacial score (nSPS) is 48.9. The van der Waals surface area contributed by atoms with Crippen LogP contribution in [0.5, 0.6) is 0 Å². The first kappa shape index (κ1) is 32.9. The van der Waals surface area contributed by atoms with E-state index in [0.29, 0.717) is 56.7 Å². The molecule has 6 rings (SSSR count). The molecule has 6 N–H and O–H groups in total. The Morgan fingerprint density at radius 3 is 2.39 bits per heavy atom. The summed E-state index contributed by atoms with van der Waals surface area (Å²) in [7, 11) is 0. The lowest BCUT2D eigenvalue weighted by molar-refractivity contribution is -0.247. The largest absolute Gasteiger partial charge is 0.481 e. The van der Waals surface area contributed by atoms with E-state index >= 15 is 0 Å². The van der Waals surface area contributed by atoms with Gasteiger partial charge in [0.05, 0.1) is 31.8 Å². The van der Waals surface area contributed by atoms with E-state index in [2.05, 4.69) is 60.0 Å². The molecule has 2 aliphatic heterocycles. The van der Waals surface area contributed by atoms with Crippen LogP contribution >= 0.6 is 0 Å². The topological polar surface area (TPSA) is 129 Å². The number of hydrazine groups is 1. The molecule has 250 valence electrons. The Balaban J connectivity index is 1.36. The third-order valence-corrected chi connectivity index (χ3v) is 15.4. The number of carboxylic acid groups (broad SMARTS) is 1. The lowest BCUT2D eigenvalue weighted by atomic mass is 9.34. The van der Waals surface area contributed by atoms with Gasteiger partial charge in [0.25, 0.3) is 0 Å². The Bertz CT molecular complexity index is 1150. The monoisotopic (exact) mass is 615 g/mol.